The van der Waals surface area contributed by atoms with Crippen LogP contribution >= 0.6 is 0 Å². The van der Waals surface area contributed by atoms with Gasteiger partial charge in [-0.2, -0.15) is 5.26 Å². The van der Waals surface area contributed by atoms with Gasteiger partial charge in [0.25, 0.3) is 0 Å². The fourth-order valence-electron chi connectivity index (χ4n) is 7.18. The maximum atomic E-state index is 11.3. The molecule has 0 aromatic heterocycles. The maximum absolute atomic E-state index is 11.3. The lowest BCUT2D eigenvalue weighted by atomic mass is 9.47. The van der Waals surface area contributed by atoms with Crippen LogP contribution in [0.2, 0.25) is 0 Å². The summed E-state index contributed by atoms with van der Waals surface area (Å²) in [5.41, 5.74) is -0.669. The fourth-order valence-corrected chi connectivity index (χ4v) is 7.18. The zero-order chi connectivity index (χ0) is 19.6. The number of fused-ring (bicyclic) bond motifs is 5. The van der Waals surface area contributed by atoms with Crippen molar-refractivity contribution in [2.75, 3.05) is 0 Å². The average molecular weight is 373 g/mol. The van der Waals surface area contributed by atoms with Crippen molar-refractivity contribution in [2.24, 2.45) is 28.6 Å². The molecule has 3 saturated carbocycles. The van der Waals surface area contributed by atoms with Crippen LogP contribution < -0.4 is 0 Å². The van der Waals surface area contributed by atoms with Crippen LogP contribution in [-0.4, -0.2) is 34.0 Å². The number of aliphatic hydroxyl groups is 2. The topological polar surface area (TPSA) is 90.6 Å². The van der Waals surface area contributed by atoms with E-state index in [2.05, 4.69) is 19.1 Å². The third-order valence-electron chi connectivity index (χ3n) is 8.78. The van der Waals surface area contributed by atoms with Crippen LogP contribution in [0.15, 0.2) is 11.6 Å². The van der Waals surface area contributed by atoms with Gasteiger partial charge < -0.3 is 14.9 Å². The van der Waals surface area contributed by atoms with Crippen molar-refractivity contribution in [1.82, 2.24) is 0 Å². The van der Waals surface area contributed by atoms with Gasteiger partial charge in [0.1, 0.15) is 12.2 Å². The number of nitrogens with zero attached hydrogens (tertiary/aromatic N) is 1. The van der Waals surface area contributed by atoms with E-state index in [1.54, 1.807) is 0 Å². The third-order valence-corrected chi connectivity index (χ3v) is 8.78. The monoisotopic (exact) mass is 373 g/mol. The van der Waals surface area contributed by atoms with E-state index >= 15 is 0 Å². The van der Waals surface area contributed by atoms with Gasteiger partial charge in [-0.05, 0) is 61.7 Å². The van der Waals surface area contributed by atoms with Crippen LogP contribution in [0.3, 0.4) is 0 Å². The second kappa shape index (κ2) is 6.06. The molecule has 0 aromatic carbocycles. The van der Waals surface area contributed by atoms with E-state index in [0.717, 1.165) is 38.5 Å². The van der Waals surface area contributed by atoms with E-state index in [-0.39, 0.29) is 23.4 Å². The number of carbonyl (C=O) groups excluding carboxylic acids is 1. The van der Waals surface area contributed by atoms with Crippen LogP contribution in [0.25, 0.3) is 0 Å². The van der Waals surface area contributed by atoms with Gasteiger partial charge in [-0.1, -0.05) is 25.5 Å². The second-order valence-electron chi connectivity index (χ2n) is 9.82. The normalized spacial score (nSPS) is 51.3. The molecule has 27 heavy (non-hydrogen) atoms. The summed E-state index contributed by atoms with van der Waals surface area (Å²) >= 11 is 0. The standard InChI is InChI=1S/C22H31NO4/c1-13(24)27-15-6-8-20(2)14(10-15)4-5-16-17(20)7-9-21(3)18(16)11-19(25)22(21,26)12-23/h4,15-19,25-26H,5-11H2,1-3H3/t15?,16?,17?,18?,19-,20+,21+,22-/m1/s1. The summed E-state index contributed by atoms with van der Waals surface area (Å²) in [6.45, 7) is 5.83. The first-order valence-corrected chi connectivity index (χ1v) is 10.3. The highest BCUT2D eigenvalue weighted by Crippen LogP contribution is 2.67. The highest BCUT2D eigenvalue weighted by molar-refractivity contribution is 5.66. The molecule has 4 rings (SSSR count). The molecule has 4 aliphatic carbocycles. The summed E-state index contributed by atoms with van der Waals surface area (Å²) in [6, 6.07) is 2.06. The lowest BCUT2D eigenvalue weighted by molar-refractivity contribution is -0.149. The number of allylic oxidation sites excluding steroid dienone is 1. The highest BCUT2D eigenvalue weighted by atomic mass is 16.5. The molecule has 3 fully saturated rings. The Balaban J connectivity index is 1.63. The van der Waals surface area contributed by atoms with E-state index in [1.807, 2.05) is 6.92 Å². The number of aliphatic hydroxyl groups excluding tert-OH is 1. The second-order valence-corrected chi connectivity index (χ2v) is 9.82. The Kier molecular flexibility index (Phi) is 4.25. The minimum atomic E-state index is -1.64. The van der Waals surface area contributed by atoms with Gasteiger partial charge in [0, 0.05) is 18.8 Å². The zero-order valence-corrected chi connectivity index (χ0v) is 16.6. The Labute approximate surface area is 161 Å². The van der Waals surface area contributed by atoms with E-state index in [1.165, 1.54) is 12.5 Å². The molecule has 8 atom stereocenters. The van der Waals surface area contributed by atoms with E-state index in [9.17, 15) is 20.3 Å². The lowest BCUT2D eigenvalue weighted by Gasteiger charge is -2.58. The first-order valence-electron chi connectivity index (χ1n) is 10.3. The first-order chi connectivity index (χ1) is 12.7. The molecule has 0 bridgehead atoms. The van der Waals surface area contributed by atoms with E-state index in [0.29, 0.717) is 18.3 Å². The number of hydrogen-bond acceptors (Lipinski definition) is 5. The maximum Gasteiger partial charge on any atom is 0.302 e. The molecule has 4 aliphatic rings. The Bertz CT molecular complexity index is 726. The number of carbonyl (C=O) groups is 1. The molecule has 0 aromatic rings. The van der Waals surface area contributed by atoms with Crippen molar-refractivity contribution in [3.8, 4) is 6.07 Å². The third kappa shape index (κ3) is 2.46. The van der Waals surface area contributed by atoms with Crippen molar-refractivity contribution < 1.29 is 19.7 Å². The molecule has 5 nitrogen and oxygen atoms in total. The molecular weight excluding hydrogens is 342 g/mol. The SMILES string of the molecule is CC(=O)OC1CC[C@@]2(C)C(=CCC3C2CC[C@@]2(C)C3C[C@@H](O)[C@]2(O)C#N)C1. The van der Waals surface area contributed by atoms with Crippen molar-refractivity contribution in [2.45, 2.75) is 83.5 Å². The van der Waals surface area contributed by atoms with Gasteiger partial charge in [-0.3, -0.25) is 4.79 Å². The lowest BCUT2D eigenvalue weighted by Crippen LogP contribution is -2.56. The average Bonchev–Trinajstić information content (AvgIpc) is 2.82. The number of ether oxygens (including phenoxy) is 1. The van der Waals surface area contributed by atoms with E-state index < -0.39 is 17.1 Å². The van der Waals surface area contributed by atoms with Crippen molar-refractivity contribution in [3.05, 3.63) is 11.6 Å². The van der Waals surface area contributed by atoms with Gasteiger partial charge in [0.2, 0.25) is 0 Å². The van der Waals surface area contributed by atoms with Gasteiger partial charge in [0.15, 0.2) is 5.60 Å². The smallest absolute Gasteiger partial charge is 0.302 e. The highest BCUT2D eigenvalue weighted by Gasteiger charge is 2.67. The molecule has 0 heterocycles. The minimum Gasteiger partial charge on any atom is -0.462 e. The molecule has 4 unspecified atom stereocenters. The number of hydrogen-bond donors (Lipinski definition) is 2. The zero-order valence-electron chi connectivity index (χ0n) is 16.6. The predicted octanol–water partition coefficient (Wildman–Crippen LogP) is 3.11. The van der Waals surface area contributed by atoms with E-state index in [4.69, 9.17) is 4.74 Å². The minimum absolute atomic E-state index is 0.00999. The molecule has 2 N–H and O–H groups in total. The molecule has 0 saturated heterocycles. The van der Waals surface area contributed by atoms with Crippen LogP contribution in [0.5, 0.6) is 0 Å². The van der Waals surface area contributed by atoms with Crippen LogP contribution in [0.4, 0.5) is 0 Å². The van der Waals surface area contributed by atoms with Crippen LogP contribution in [0, 0.1) is 39.9 Å². The van der Waals surface area contributed by atoms with Gasteiger partial charge in [-0.25, -0.2) is 0 Å². The fraction of sp³-hybridized carbons (Fsp3) is 0.818. The summed E-state index contributed by atoms with van der Waals surface area (Å²) in [5.74, 6) is 0.848. The summed E-state index contributed by atoms with van der Waals surface area (Å²) < 4.78 is 5.48. The summed E-state index contributed by atoms with van der Waals surface area (Å²) in [6.07, 6.45) is 7.27. The van der Waals surface area contributed by atoms with Gasteiger partial charge in [0.05, 0.1) is 6.10 Å². The van der Waals surface area contributed by atoms with Crippen molar-refractivity contribution in [3.63, 3.8) is 0 Å². The number of rotatable bonds is 1. The molecule has 0 amide bonds. The van der Waals surface area contributed by atoms with Crippen molar-refractivity contribution in [1.29, 1.82) is 5.26 Å². The Morgan fingerprint density at radius 3 is 2.70 bits per heavy atom. The predicted molar refractivity (Wildman–Crippen MR) is 99.2 cm³/mol. The molecule has 148 valence electrons. The largest absolute Gasteiger partial charge is 0.462 e. The van der Waals surface area contributed by atoms with Gasteiger partial charge >= 0.3 is 5.97 Å². The summed E-state index contributed by atoms with van der Waals surface area (Å²) in [5, 5.41) is 31.1. The van der Waals surface area contributed by atoms with Crippen LogP contribution in [-0.2, 0) is 9.53 Å². The molecule has 5 heteroatoms. The first kappa shape index (κ1) is 19.0. The summed E-state index contributed by atoms with van der Waals surface area (Å²) in [4.78, 5) is 11.3. The Morgan fingerprint density at radius 2 is 2.04 bits per heavy atom. The Hall–Kier alpha value is -1.38. The Morgan fingerprint density at radius 1 is 1.30 bits per heavy atom. The number of nitriles is 1. The summed E-state index contributed by atoms with van der Waals surface area (Å²) in [7, 11) is 0. The van der Waals surface area contributed by atoms with Gasteiger partial charge in [-0.15, -0.1) is 0 Å². The number of esters is 1. The molecule has 0 aliphatic heterocycles. The molecule has 0 spiro atoms. The van der Waals surface area contributed by atoms with Crippen LogP contribution in [0.1, 0.15) is 65.7 Å². The van der Waals surface area contributed by atoms with Crippen molar-refractivity contribution >= 4 is 5.97 Å². The molecular formula is C22H31NO4. The molecule has 0 radical (unpaired) electrons. The quantitative estimate of drug-likeness (QED) is 0.419.